The zero-order valence-corrected chi connectivity index (χ0v) is 17.8. The van der Waals surface area contributed by atoms with Crippen molar-refractivity contribution >= 4 is 0 Å². The minimum absolute atomic E-state index is 0.346. The Morgan fingerprint density at radius 2 is 1.87 bits per heavy atom. The summed E-state index contributed by atoms with van der Waals surface area (Å²) in [5.41, 5.74) is 1.31. The smallest absolute Gasteiger partial charge is 0.231 e. The molecule has 5 rings (SSSR count). The first-order chi connectivity index (χ1) is 14.8. The molecule has 0 spiro atoms. The third-order valence-corrected chi connectivity index (χ3v) is 6.67. The molecule has 2 aromatic rings. The SMILES string of the molecule is c1cnn(CCCN2CCCC(N3CCN(Cc4ccc5c(c4)OCO5)CC3)C2)c1. The van der Waals surface area contributed by atoms with E-state index in [0.717, 1.165) is 43.7 Å². The number of piperazine rings is 1. The van der Waals surface area contributed by atoms with Crippen LogP contribution in [0.4, 0.5) is 0 Å². The lowest BCUT2D eigenvalue weighted by molar-refractivity contribution is 0.0492. The maximum absolute atomic E-state index is 5.53. The highest BCUT2D eigenvalue weighted by molar-refractivity contribution is 5.44. The molecule has 7 nitrogen and oxygen atoms in total. The van der Waals surface area contributed by atoms with Crippen LogP contribution in [0.15, 0.2) is 36.7 Å². The van der Waals surface area contributed by atoms with Crippen LogP contribution in [0.1, 0.15) is 24.8 Å². The van der Waals surface area contributed by atoms with Gasteiger partial charge in [-0.2, -0.15) is 5.10 Å². The van der Waals surface area contributed by atoms with Gasteiger partial charge in [-0.05, 0) is 56.1 Å². The molecule has 2 saturated heterocycles. The van der Waals surface area contributed by atoms with Crippen molar-refractivity contribution in [2.75, 3.05) is 52.6 Å². The van der Waals surface area contributed by atoms with E-state index in [-0.39, 0.29) is 0 Å². The molecule has 0 amide bonds. The number of likely N-dealkylation sites (tertiary alicyclic amines) is 1. The van der Waals surface area contributed by atoms with Gasteiger partial charge >= 0.3 is 0 Å². The zero-order valence-electron chi connectivity index (χ0n) is 17.8. The standard InChI is InChI=1S/C23H33N5O2/c1-4-21(18-25(8-1)9-3-11-28-10-2-7-24-28)27-14-12-26(13-15-27)17-20-5-6-22-23(16-20)30-19-29-22/h2,5-7,10,16,21H,1,3-4,8-9,11-15,17-19H2. The minimum Gasteiger partial charge on any atom is -0.454 e. The van der Waals surface area contributed by atoms with Crippen molar-refractivity contribution < 1.29 is 9.47 Å². The largest absolute Gasteiger partial charge is 0.454 e. The third-order valence-electron chi connectivity index (χ3n) is 6.67. The van der Waals surface area contributed by atoms with Gasteiger partial charge in [0.25, 0.3) is 0 Å². The fraction of sp³-hybridized carbons (Fsp3) is 0.609. The predicted molar refractivity (Wildman–Crippen MR) is 116 cm³/mol. The first-order valence-corrected chi connectivity index (χ1v) is 11.4. The summed E-state index contributed by atoms with van der Waals surface area (Å²) < 4.78 is 13.0. The van der Waals surface area contributed by atoms with Crippen LogP contribution >= 0.6 is 0 Å². The number of benzene rings is 1. The van der Waals surface area contributed by atoms with Crippen molar-refractivity contribution in [3.63, 3.8) is 0 Å². The second kappa shape index (κ2) is 9.37. The molecule has 7 heteroatoms. The first-order valence-electron chi connectivity index (χ1n) is 11.4. The second-order valence-electron chi connectivity index (χ2n) is 8.72. The van der Waals surface area contributed by atoms with Crippen molar-refractivity contribution in [3.8, 4) is 11.5 Å². The van der Waals surface area contributed by atoms with Crippen LogP contribution in [0.5, 0.6) is 11.5 Å². The molecule has 2 fully saturated rings. The van der Waals surface area contributed by atoms with Crippen molar-refractivity contribution in [2.45, 2.75) is 38.4 Å². The number of hydrogen-bond donors (Lipinski definition) is 0. The lowest BCUT2D eigenvalue weighted by atomic mass is 10.0. The summed E-state index contributed by atoms with van der Waals surface area (Å²) in [7, 11) is 0. The summed E-state index contributed by atoms with van der Waals surface area (Å²) in [6, 6.07) is 9.07. The Kier molecular flexibility index (Phi) is 6.20. The third kappa shape index (κ3) is 4.79. The van der Waals surface area contributed by atoms with E-state index < -0.39 is 0 Å². The molecule has 0 saturated carbocycles. The molecule has 4 heterocycles. The van der Waals surface area contributed by atoms with Crippen molar-refractivity contribution in [1.29, 1.82) is 0 Å². The molecule has 30 heavy (non-hydrogen) atoms. The quantitative estimate of drug-likeness (QED) is 0.697. The highest BCUT2D eigenvalue weighted by Crippen LogP contribution is 2.33. The van der Waals surface area contributed by atoms with Crippen LogP contribution in [-0.2, 0) is 13.1 Å². The van der Waals surface area contributed by atoms with Crippen LogP contribution in [0.25, 0.3) is 0 Å². The average Bonchev–Trinajstić information content (AvgIpc) is 3.46. The van der Waals surface area contributed by atoms with Gasteiger partial charge in [0.1, 0.15) is 0 Å². The summed E-state index contributed by atoms with van der Waals surface area (Å²) in [4.78, 5) is 7.96. The number of fused-ring (bicyclic) bond motifs is 1. The molecule has 1 unspecified atom stereocenters. The van der Waals surface area contributed by atoms with Gasteiger partial charge in [0.05, 0.1) is 0 Å². The van der Waals surface area contributed by atoms with Crippen LogP contribution in [0.3, 0.4) is 0 Å². The van der Waals surface area contributed by atoms with Gasteiger partial charge in [-0.3, -0.25) is 14.5 Å². The van der Waals surface area contributed by atoms with E-state index in [1.807, 2.05) is 23.0 Å². The lowest BCUT2D eigenvalue weighted by Crippen LogP contribution is -2.54. The van der Waals surface area contributed by atoms with Crippen molar-refractivity contribution in [1.82, 2.24) is 24.5 Å². The molecule has 0 radical (unpaired) electrons. The molecule has 3 aliphatic rings. The molecule has 1 aromatic heterocycles. The Labute approximate surface area is 179 Å². The highest BCUT2D eigenvalue weighted by atomic mass is 16.7. The molecule has 1 atom stereocenters. The number of hydrogen-bond acceptors (Lipinski definition) is 6. The lowest BCUT2D eigenvalue weighted by Gasteiger charge is -2.43. The highest BCUT2D eigenvalue weighted by Gasteiger charge is 2.28. The number of aryl methyl sites for hydroxylation is 1. The Morgan fingerprint density at radius 1 is 0.967 bits per heavy atom. The van der Waals surface area contributed by atoms with Crippen LogP contribution in [0.2, 0.25) is 0 Å². The van der Waals surface area contributed by atoms with Gasteiger partial charge < -0.3 is 14.4 Å². The van der Waals surface area contributed by atoms with Crippen LogP contribution < -0.4 is 9.47 Å². The van der Waals surface area contributed by atoms with E-state index in [0.29, 0.717) is 6.79 Å². The molecule has 1 aromatic carbocycles. The van der Waals surface area contributed by atoms with Crippen LogP contribution in [0, 0.1) is 0 Å². The zero-order chi connectivity index (χ0) is 20.2. The molecule has 0 aliphatic carbocycles. The predicted octanol–water partition coefficient (Wildman–Crippen LogP) is 2.28. The van der Waals surface area contributed by atoms with Gasteiger partial charge in [-0.1, -0.05) is 6.07 Å². The minimum atomic E-state index is 0.346. The molecule has 162 valence electrons. The van der Waals surface area contributed by atoms with E-state index in [2.05, 4.69) is 38.1 Å². The second-order valence-corrected chi connectivity index (χ2v) is 8.72. The Morgan fingerprint density at radius 3 is 2.73 bits per heavy atom. The van der Waals surface area contributed by atoms with E-state index in [9.17, 15) is 0 Å². The van der Waals surface area contributed by atoms with E-state index >= 15 is 0 Å². The molecular weight excluding hydrogens is 378 g/mol. The van der Waals surface area contributed by atoms with E-state index in [4.69, 9.17) is 9.47 Å². The van der Waals surface area contributed by atoms with Gasteiger partial charge in [0.15, 0.2) is 11.5 Å². The van der Waals surface area contributed by atoms with Crippen LogP contribution in [-0.4, -0.2) is 83.1 Å². The average molecular weight is 412 g/mol. The normalized spacial score (nSPS) is 23.1. The summed E-state index contributed by atoms with van der Waals surface area (Å²) in [5.74, 6) is 1.76. The first kappa shape index (κ1) is 19.8. The summed E-state index contributed by atoms with van der Waals surface area (Å²) in [5, 5.41) is 4.31. The molecular formula is C23H33N5O2. The van der Waals surface area contributed by atoms with Gasteiger partial charge in [0.2, 0.25) is 6.79 Å². The molecule has 0 bridgehead atoms. The fourth-order valence-corrected chi connectivity index (χ4v) is 5.01. The number of nitrogens with zero attached hydrogens (tertiary/aromatic N) is 5. The number of piperidine rings is 1. The Bertz CT molecular complexity index is 804. The number of ether oxygens (including phenoxy) is 2. The molecule has 3 aliphatic heterocycles. The van der Waals surface area contributed by atoms with Gasteiger partial charge in [-0.15, -0.1) is 0 Å². The van der Waals surface area contributed by atoms with Gasteiger partial charge in [0, 0.05) is 64.2 Å². The van der Waals surface area contributed by atoms with E-state index in [1.54, 1.807) is 0 Å². The molecule has 0 N–H and O–H groups in total. The Balaban J connectivity index is 1.06. The topological polar surface area (TPSA) is 46.0 Å². The van der Waals surface area contributed by atoms with Gasteiger partial charge in [-0.25, -0.2) is 0 Å². The summed E-state index contributed by atoms with van der Waals surface area (Å²) in [6.07, 6.45) is 7.77. The summed E-state index contributed by atoms with van der Waals surface area (Å²) in [6.45, 7) is 10.7. The number of aromatic nitrogens is 2. The maximum atomic E-state index is 5.53. The Hall–Kier alpha value is -2.09. The number of rotatable bonds is 7. The van der Waals surface area contributed by atoms with Crippen molar-refractivity contribution in [2.24, 2.45) is 0 Å². The van der Waals surface area contributed by atoms with Crippen molar-refractivity contribution in [3.05, 3.63) is 42.2 Å². The fourth-order valence-electron chi connectivity index (χ4n) is 5.01. The van der Waals surface area contributed by atoms with E-state index in [1.165, 1.54) is 57.5 Å². The monoisotopic (exact) mass is 411 g/mol. The summed E-state index contributed by atoms with van der Waals surface area (Å²) >= 11 is 0. The maximum Gasteiger partial charge on any atom is 0.231 e.